The summed E-state index contributed by atoms with van der Waals surface area (Å²) in [6.45, 7) is 3.10. The van der Waals surface area contributed by atoms with Gasteiger partial charge in [-0.05, 0) is 25.1 Å². The van der Waals surface area contributed by atoms with Crippen molar-refractivity contribution in [2.75, 3.05) is 6.54 Å². The fourth-order valence-corrected chi connectivity index (χ4v) is 2.05. The van der Waals surface area contributed by atoms with E-state index in [2.05, 4.69) is 10.4 Å². The van der Waals surface area contributed by atoms with Crippen molar-refractivity contribution >= 4 is 0 Å². The molecule has 1 aromatic carbocycles. The zero-order valence-electron chi connectivity index (χ0n) is 11.4. The molecule has 0 radical (unpaired) electrons. The van der Waals surface area contributed by atoms with Crippen molar-refractivity contribution in [1.82, 2.24) is 15.1 Å². The minimum atomic E-state index is -0.274. The van der Waals surface area contributed by atoms with Gasteiger partial charge in [-0.15, -0.1) is 0 Å². The molecular formula is C15H18FN3O. The molecule has 1 unspecified atom stereocenters. The molecule has 20 heavy (non-hydrogen) atoms. The number of hydrogen-bond acceptors (Lipinski definition) is 3. The van der Waals surface area contributed by atoms with Gasteiger partial charge in [-0.2, -0.15) is 5.10 Å². The van der Waals surface area contributed by atoms with Gasteiger partial charge in [0.2, 0.25) is 0 Å². The van der Waals surface area contributed by atoms with Crippen LogP contribution < -0.4 is 10.9 Å². The lowest BCUT2D eigenvalue weighted by Crippen LogP contribution is -2.32. The van der Waals surface area contributed by atoms with Crippen LogP contribution in [0.2, 0.25) is 0 Å². The minimum absolute atomic E-state index is 0.188. The molecule has 0 aliphatic rings. The van der Waals surface area contributed by atoms with Crippen LogP contribution in [-0.2, 0) is 6.54 Å². The molecule has 2 aromatic rings. The van der Waals surface area contributed by atoms with E-state index in [0.29, 0.717) is 12.1 Å². The van der Waals surface area contributed by atoms with E-state index in [0.717, 1.165) is 13.0 Å². The highest BCUT2D eigenvalue weighted by Crippen LogP contribution is 2.18. The maximum Gasteiger partial charge on any atom is 0.266 e. The van der Waals surface area contributed by atoms with E-state index in [4.69, 9.17) is 0 Å². The fourth-order valence-electron chi connectivity index (χ4n) is 2.05. The molecule has 0 aliphatic heterocycles. The quantitative estimate of drug-likeness (QED) is 0.878. The molecule has 5 heteroatoms. The number of halogens is 1. The van der Waals surface area contributed by atoms with Gasteiger partial charge >= 0.3 is 0 Å². The first-order valence-electron chi connectivity index (χ1n) is 6.72. The molecule has 0 saturated heterocycles. The van der Waals surface area contributed by atoms with Crippen LogP contribution in [0.3, 0.4) is 0 Å². The molecule has 4 nitrogen and oxygen atoms in total. The van der Waals surface area contributed by atoms with Gasteiger partial charge in [-0.1, -0.05) is 25.1 Å². The van der Waals surface area contributed by atoms with Crippen LogP contribution in [0.4, 0.5) is 4.39 Å². The van der Waals surface area contributed by atoms with Crippen LogP contribution in [-0.4, -0.2) is 16.3 Å². The average molecular weight is 275 g/mol. The molecule has 2 rings (SSSR count). The van der Waals surface area contributed by atoms with E-state index in [9.17, 15) is 9.18 Å². The Balaban J connectivity index is 2.27. The summed E-state index contributed by atoms with van der Waals surface area (Å²) in [5.74, 6) is -0.273. The van der Waals surface area contributed by atoms with Crippen molar-refractivity contribution in [2.24, 2.45) is 0 Å². The van der Waals surface area contributed by atoms with E-state index >= 15 is 0 Å². The third-order valence-electron chi connectivity index (χ3n) is 3.06. The summed E-state index contributed by atoms with van der Waals surface area (Å²) in [7, 11) is 0. The topological polar surface area (TPSA) is 46.9 Å². The Bertz CT molecular complexity index is 612. The molecule has 1 heterocycles. The summed E-state index contributed by atoms with van der Waals surface area (Å²) in [6, 6.07) is 9.38. The lowest BCUT2D eigenvalue weighted by atomic mass is 10.1. The van der Waals surface area contributed by atoms with Gasteiger partial charge in [0.15, 0.2) is 0 Å². The smallest absolute Gasteiger partial charge is 0.266 e. The van der Waals surface area contributed by atoms with Gasteiger partial charge in [0, 0.05) is 17.8 Å². The molecule has 0 amide bonds. The Kier molecular flexibility index (Phi) is 5.01. The standard InChI is InChI=1S/C15H18FN3O/c1-2-9-17-14(12-6-3-4-7-13(12)16)11-19-15(20)8-5-10-18-19/h3-8,10,14,17H,2,9,11H2,1H3. The number of nitrogens with one attached hydrogen (secondary N) is 1. The van der Waals surface area contributed by atoms with Crippen molar-refractivity contribution in [3.63, 3.8) is 0 Å². The van der Waals surface area contributed by atoms with Crippen LogP contribution in [0.1, 0.15) is 24.9 Å². The Labute approximate surface area is 117 Å². The molecule has 0 saturated carbocycles. The highest BCUT2D eigenvalue weighted by atomic mass is 19.1. The van der Waals surface area contributed by atoms with E-state index < -0.39 is 0 Å². The van der Waals surface area contributed by atoms with Gasteiger partial charge in [0.25, 0.3) is 5.56 Å². The van der Waals surface area contributed by atoms with Gasteiger partial charge < -0.3 is 5.32 Å². The summed E-state index contributed by atoms with van der Waals surface area (Å²) in [5.41, 5.74) is 0.366. The molecular weight excluding hydrogens is 257 g/mol. The van der Waals surface area contributed by atoms with Crippen LogP contribution in [0.5, 0.6) is 0 Å². The maximum absolute atomic E-state index is 13.9. The first-order valence-corrected chi connectivity index (χ1v) is 6.72. The predicted octanol–water partition coefficient (Wildman–Crippen LogP) is 2.12. The zero-order valence-corrected chi connectivity index (χ0v) is 11.4. The van der Waals surface area contributed by atoms with Crippen molar-refractivity contribution < 1.29 is 4.39 Å². The van der Waals surface area contributed by atoms with E-state index in [-0.39, 0.29) is 17.4 Å². The SMILES string of the molecule is CCCNC(Cn1ncccc1=O)c1ccccc1F. The lowest BCUT2D eigenvalue weighted by Gasteiger charge is -2.19. The predicted molar refractivity (Wildman–Crippen MR) is 75.9 cm³/mol. The fraction of sp³-hybridized carbons (Fsp3) is 0.333. The third kappa shape index (κ3) is 3.51. The Morgan fingerprint density at radius 2 is 2.10 bits per heavy atom. The monoisotopic (exact) mass is 275 g/mol. The third-order valence-corrected chi connectivity index (χ3v) is 3.06. The number of hydrogen-bond donors (Lipinski definition) is 1. The summed E-state index contributed by atoms with van der Waals surface area (Å²) >= 11 is 0. The molecule has 1 aromatic heterocycles. The van der Waals surface area contributed by atoms with Crippen LogP contribution in [0.25, 0.3) is 0 Å². The van der Waals surface area contributed by atoms with Gasteiger partial charge in [-0.25, -0.2) is 9.07 Å². The number of benzene rings is 1. The zero-order chi connectivity index (χ0) is 14.4. The average Bonchev–Trinajstić information content (AvgIpc) is 2.46. The molecule has 0 spiro atoms. The molecule has 1 atom stereocenters. The summed E-state index contributed by atoms with van der Waals surface area (Å²) in [4.78, 5) is 11.7. The second-order valence-electron chi connectivity index (χ2n) is 4.57. The molecule has 1 N–H and O–H groups in total. The number of nitrogens with zero attached hydrogens (tertiary/aromatic N) is 2. The van der Waals surface area contributed by atoms with Crippen LogP contribution >= 0.6 is 0 Å². The molecule has 0 bridgehead atoms. The highest BCUT2D eigenvalue weighted by molar-refractivity contribution is 5.21. The van der Waals surface area contributed by atoms with Crippen molar-refractivity contribution in [3.05, 3.63) is 64.3 Å². The van der Waals surface area contributed by atoms with Gasteiger partial charge in [0.1, 0.15) is 5.82 Å². The normalized spacial score (nSPS) is 12.3. The van der Waals surface area contributed by atoms with Gasteiger partial charge in [-0.3, -0.25) is 4.79 Å². The van der Waals surface area contributed by atoms with Gasteiger partial charge in [0.05, 0.1) is 12.6 Å². The highest BCUT2D eigenvalue weighted by Gasteiger charge is 2.16. The first-order chi connectivity index (χ1) is 9.72. The summed E-state index contributed by atoms with van der Waals surface area (Å²) in [6.07, 6.45) is 2.49. The Morgan fingerprint density at radius 1 is 1.30 bits per heavy atom. The van der Waals surface area contributed by atoms with E-state index in [1.54, 1.807) is 30.5 Å². The number of aromatic nitrogens is 2. The van der Waals surface area contributed by atoms with Crippen molar-refractivity contribution in [2.45, 2.75) is 25.9 Å². The van der Waals surface area contributed by atoms with Crippen molar-refractivity contribution in [1.29, 1.82) is 0 Å². The lowest BCUT2D eigenvalue weighted by molar-refractivity contribution is 0.413. The second kappa shape index (κ2) is 6.96. The first kappa shape index (κ1) is 14.4. The molecule has 0 fully saturated rings. The van der Waals surface area contributed by atoms with E-state index in [1.165, 1.54) is 16.8 Å². The van der Waals surface area contributed by atoms with Crippen molar-refractivity contribution in [3.8, 4) is 0 Å². The maximum atomic E-state index is 13.9. The second-order valence-corrected chi connectivity index (χ2v) is 4.57. The van der Waals surface area contributed by atoms with Crippen LogP contribution in [0.15, 0.2) is 47.4 Å². The molecule has 106 valence electrons. The van der Waals surface area contributed by atoms with Crippen LogP contribution in [0, 0.1) is 5.82 Å². The van der Waals surface area contributed by atoms with E-state index in [1.807, 2.05) is 6.92 Å². The summed E-state index contributed by atoms with van der Waals surface area (Å²) < 4.78 is 15.3. The summed E-state index contributed by atoms with van der Waals surface area (Å²) in [5, 5.41) is 7.29. The Morgan fingerprint density at radius 3 is 2.80 bits per heavy atom. The largest absolute Gasteiger partial charge is 0.308 e. The molecule has 0 aliphatic carbocycles. The Hall–Kier alpha value is -2.01. The number of rotatable bonds is 6. The minimum Gasteiger partial charge on any atom is -0.308 e.